The van der Waals surface area contributed by atoms with Crippen molar-refractivity contribution < 1.29 is 4.74 Å². The van der Waals surface area contributed by atoms with Crippen LogP contribution in [-0.2, 0) is 18.2 Å². The van der Waals surface area contributed by atoms with Gasteiger partial charge in [-0.05, 0) is 19.4 Å². The predicted molar refractivity (Wildman–Crippen MR) is 61.5 cm³/mol. The SMILES string of the molecule is CC1OCCC1C(Cc1ccn(C)n1)NN. The summed E-state index contributed by atoms with van der Waals surface area (Å²) >= 11 is 0. The maximum absolute atomic E-state index is 5.63. The fraction of sp³-hybridized carbons (Fsp3) is 0.727. The highest BCUT2D eigenvalue weighted by atomic mass is 16.5. The van der Waals surface area contributed by atoms with E-state index in [0.717, 1.165) is 25.1 Å². The van der Waals surface area contributed by atoms with Gasteiger partial charge in [-0.1, -0.05) is 0 Å². The van der Waals surface area contributed by atoms with Crippen LogP contribution in [-0.4, -0.2) is 28.5 Å². The van der Waals surface area contributed by atoms with Crippen molar-refractivity contribution in [2.45, 2.75) is 31.9 Å². The molecule has 3 N–H and O–H groups in total. The number of hydrogen-bond donors (Lipinski definition) is 2. The average Bonchev–Trinajstić information content (AvgIpc) is 2.84. The molecule has 0 aromatic carbocycles. The number of nitrogens with one attached hydrogen (secondary N) is 1. The Labute approximate surface area is 95.9 Å². The monoisotopic (exact) mass is 224 g/mol. The van der Waals surface area contributed by atoms with Gasteiger partial charge in [0, 0.05) is 38.2 Å². The summed E-state index contributed by atoms with van der Waals surface area (Å²) in [5.41, 5.74) is 3.98. The molecule has 1 aromatic rings. The first-order valence-corrected chi connectivity index (χ1v) is 5.77. The minimum Gasteiger partial charge on any atom is -0.378 e. The molecule has 0 amide bonds. The van der Waals surface area contributed by atoms with Gasteiger partial charge in [-0.25, -0.2) is 0 Å². The van der Waals surface area contributed by atoms with Crippen LogP contribution in [0.5, 0.6) is 0 Å². The Morgan fingerprint density at radius 3 is 3.06 bits per heavy atom. The lowest BCUT2D eigenvalue weighted by Crippen LogP contribution is -2.44. The number of aryl methyl sites for hydroxylation is 1. The Morgan fingerprint density at radius 1 is 1.75 bits per heavy atom. The Balaban J connectivity index is 2.00. The third-order valence-electron chi connectivity index (χ3n) is 3.36. The van der Waals surface area contributed by atoms with E-state index in [0.29, 0.717) is 5.92 Å². The molecule has 0 spiro atoms. The first-order valence-electron chi connectivity index (χ1n) is 5.77. The Bertz CT molecular complexity index is 338. The lowest BCUT2D eigenvalue weighted by Gasteiger charge is -2.24. The van der Waals surface area contributed by atoms with E-state index in [1.54, 1.807) is 0 Å². The second-order valence-corrected chi connectivity index (χ2v) is 4.49. The third-order valence-corrected chi connectivity index (χ3v) is 3.36. The molecule has 3 unspecified atom stereocenters. The molecule has 0 radical (unpaired) electrons. The molecule has 1 aliphatic heterocycles. The molecular formula is C11H20N4O. The maximum atomic E-state index is 5.63. The van der Waals surface area contributed by atoms with E-state index >= 15 is 0 Å². The summed E-state index contributed by atoms with van der Waals surface area (Å²) in [6.45, 7) is 2.95. The smallest absolute Gasteiger partial charge is 0.0640 e. The molecule has 0 aliphatic carbocycles. The van der Waals surface area contributed by atoms with Crippen molar-refractivity contribution in [1.82, 2.24) is 15.2 Å². The highest BCUT2D eigenvalue weighted by molar-refractivity contribution is 5.02. The molecule has 1 saturated heterocycles. The van der Waals surface area contributed by atoms with Gasteiger partial charge in [0.2, 0.25) is 0 Å². The molecule has 3 atom stereocenters. The molecule has 0 bridgehead atoms. The third kappa shape index (κ3) is 2.42. The van der Waals surface area contributed by atoms with E-state index in [1.165, 1.54) is 0 Å². The lowest BCUT2D eigenvalue weighted by molar-refractivity contribution is 0.0952. The van der Waals surface area contributed by atoms with Crippen LogP contribution >= 0.6 is 0 Å². The zero-order valence-corrected chi connectivity index (χ0v) is 9.89. The van der Waals surface area contributed by atoms with Crippen molar-refractivity contribution >= 4 is 0 Å². The Kier molecular flexibility index (Phi) is 3.58. The van der Waals surface area contributed by atoms with Gasteiger partial charge in [-0.2, -0.15) is 5.10 Å². The normalized spacial score (nSPS) is 27.2. The van der Waals surface area contributed by atoms with Crippen molar-refractivity contribution in [1.29, 1.82) is 0 Å². The van der Waals surface area contributed by atoms with Gasteiger partial charge in [0.25, 0.3) is 0 Å². The molecule has 2 heterocycles. The highest BCUT2D eigenvalue weighted by Gasteiger charge is 2.31. The van der Waals surface area contributed by atoms with Gasteiger partial charge in [-0.15, -0.1) is 0 Å². The summed E-state index contributed by atoms with van der Waals surface area (Å²) in [6, 6.07) is 2.28. The molecule has 1 fully saturated rings. The van der Waals surface area contributed by atoms with Crippen LogP contribution in [0.15, 0.2) is 12.3 Å². The van der Waals surface area contributed by atoms with Crippen LogP contribution in [0.25, 0.3) is 0 Å². The van der Waals surface area contributed by atoms with Gasteiger partial charge in [0.1, 0.15) is 0 Å². The minimum atomic E-state index is 0.243. The second kappa shape index (κ2) is 4.95. The molecule has 0 saturated carbocycles. The standard InChI is InChI=1S/C11H20N4O/c1-8-10(4-6-16-8)11(13-12)7-9-3-5-15(2)14-9/h3,5,8,10-11,13H,4,6-7,12H2,1-2H3. The first-order chi connectivity index (χ1) is 7.70. The second-order valence-electron chi connectivity index (χ2n) is 4.49. The molecule has 16 heavy (non-hydrogen) atoms. The largest absolute Gasteiger partial charge is 0.378 e. The first kappa shape index (κ1) is 11.6. The summed E-state index contributed by atoms with van der Waals surface area (Å²) in [7, 11) is 1.93. The molecular weight excluding hydrogens is 204 g/mol. The average molecular weight is 224 g/mol. The van der Waals surface area contributed by atoms with Crippen molar-refractivity contribution in [3.05, 3.63) is 18.0 Å². The quantitative estimate of drug-likeness (QED) is 0.567. The van der Waals surface area contributed by atoms with Crippen LogP contribution in [0.4, 0.5) is 0 Å². The summed E-state index contributed by atoms with van der Waals surface area (Å²) in [5, 5.41) is 4.38. The van der Waals surface area contributed by atoms with Crippen molar-refractivity contribution in [2.24, 2.45) is 18.8 Å². The molecule has 90 valence electrons. The number of nitrogens with two attached hydrogens (primary N) is 1. The molecule has 1 aromatic heterocycles. The fourth-order valence-corrected chi connectivity index (χ4v) is 2.41. The number of rotatable bonds is 4. The molecule has 2 rings (SSSR count). The number of aromatic nitrogens is 2. The summed E-state index contributed by atoms with van der Waals surface area (Å²) in [6.07, 6.45) is 4.17. The van der Waals surface area contributed by atoms with E-state index in [4.69, 9.17) is 10.6 Å². The van der Waals surface area contributed by atoms with Crippen LogP contribution in [0, 0.1) is 5.92 Å². The summed E-state index contributed by atoms with van der Waals surface area (Å²) < 4.78 is 7.39. The Hall–Kier alpha value is -0.910. The number of nitrogens with zero attached hydrogens (tertiary/aromatic N) is 2. The zero-order valence-electron chi connectivity index (χ0n) is 9.89. The Morgan fingerprint density at radius 2 is 2.56 bits per heavy atom. The van der Waals surface area contributed by atoms with E-state index in [-0.39, 0.29) is 12.1 Å². The van der Waals surface area contributed by atoms with Gasteiger partial charge in [0.05, 0.1) is 11.8 Å². The summed E-state index contributed by atoms with van der Waals surface area (Å²) in [4.78, 5) is 0. The van der Waals surface area contributed by atoms with Crippen molar-refractivity contribution in [3.8, 4) is 0 Å². The molecule has 1 aliphatic rings. The number of hydrazine groups is 1. The van der Waals surface area contributed by atoms with Gasteiger partial charge in [0.15, 0.2) is 0 Å². The lowest BCUT2D eigenvalue weighted by atomic mass is 9.91. The van der Waals surface area contributed by atoms with E-state index in [1.807, 2.05) is 24.0 Å². The van der Waals surface area contributed by atoms with E-state index < -0.39 is 0 Å². The highest BCUT2D eigenvalue weighted by Crippen LogP contribution is 2.25. The predicted octanol–water partition coefficient (Wildman–Crippen LogP) is 0.220. The van der Waals surface area contributed by atoms with Crippen LogP contribution in [0.1, 0.15) is 19.0 Å². The van der Waals surface area contributed by atoms with Crippen molar-refractivity contribution in [3.63, 3.8) is 0 Å². The zero-order chi connectivity index (χ0) is 11.5. The summed E-state index contributed by atoms with van der Waals surface area (Å²) in [5.74, 6) is 6.11. The van der Waals surface area contributed by atoms with E-state index in [9.17, 15) is 0 Å². The van der Waals surface area contributed by atoms with Crippen LogP contribution in [0.2, 0.25) is 0 Å². The fourth-order valence-electron chi connectivity index (χ4n) is 2.41. The molecule has 5 nitrogen and oxygen atoms in total. The molecule has 5 heteroatoms. The van der Waals surface area contributed by atoms with Gasteiger partial charge < -0.3 is 4.74 Å². The minimum absolute atomic E-state index is 0.243. The van der Waals surface area contributed by atoms with Crippen LogP contribution in [0.3, 0.4) is 0 Å². The van der Waals surface area contributed by atoms with Crippen LogP contribution < -0.4 is 11.3 Å². The van der Waals surface area contributed by atoms with Gasteiger partial charge >= 0.3 is 0 Å². The van der Waals surface area contributed by atoms with Gasteiger partial charge in [-0.3, -0.25) is 16.0 Å². The topological polar surface area (TPSA) is 65.1 Å². The maximum Gasteiger partial charge on any atom is 0.0640 e. The van der Waals surface area contributed by atoms with Crippen molar-refractivity contribution in [2.75, 3.05) is 6.61 Å². The number of hydrogen-bond acceptors (Lipinski definition) is 4. The number of ether oxygens (including phenoxy) is 1. The van der Waals surface area contributed by atoms with E-state index in [2.05, 4.69) is 17.4 Å².